The molecule has 0 amide bonds. The molecule has 0 aliphatic rings. The lowest BCUT2D eigenvalue weighted by atomic mass is 10.3. The number of allylic oxidation sites excluding steroid dienone is 1. The first kappa shape index (κ1) is 11.4. The summed E-state index contributed by atoms with van der Waals surface area (Å²) < 4.78 is 0. The summed E-state index contributed by atoms with van der Waals surface area (Å²) in [4.78, 5) is 7.90. The van der Waals surface area contributed by atoms with Crippen LogP contribution in [0.3, 0.4) is 0 Å². The molecule has 0 aliphatic carbocycles. The van der Waals surface area contributed by atoms with Gasteiger partial charge < -0.3 is 5.32 Å². The molecule has 0 aromatic heterocycles. The van der Waals surface area contributed by atoms with E-state index in [0.29, 0.717) is 12.5 Å². The molecule has 0 aromatic rings. The van der Waals surface area contributed by atoms with Crippen LogP contribution in [0.15, 0.2) is 47.6 Å². The van der Waals surface area contributed by atoms with E-state index in [0.717, 1.165) is 5.57 Å². The fraction of sp³-hybridized carbons (Fsp3) is 0.200. The second-order valence-corrected chi connectivity index (χ2v) is 2.46. The Morgan fingerprint density at radius 3 is 2.62 bits per heavy atom. The van der Waals surface area contributed by atoms with E-state index in [9.17, 15) is 0 Å². The van der Waals surface area contributed by atoms with Crippen LogP contribution in [0.4, 0.5) is 0 Å². The second-order valence-electron chi connectivity index (χ2n) is 2.46. The van der Waals surface area contributed by atoms with Gasteiger partial charge in [-0.15, -0.1) is 0 Å². The Balaban J connectivity index is 4.18. The number of hydrogen-bond acceptors (Lipinski definition) is 1. The number of nitrogens with zero attached hydrogens (tertiary/aromatic N) is 2. The van der Waals surface area contributed by atoms with Gasteiger partial charge in [-0.1, -0.05) is 31.4 Å². The lowest BCUT2D eigenvalue weighted by molar-refractivity contribution is 0.974. The summed E-state index contributed by atoms with van der Waals surface area (Å²) in [5, 5.41) is 2.99. The Hall–Kier alpha value is -1.64. The molecule has 0 bridgehead atoms. The molecule has 0 saturated heterocycles. The second kappa shape index (κ2) is 7.03. The first-order chi connectivity index (χ1) is 6.20. The molecule has 0 aromatic carbocycles. The summed E-state index contributed by atoms with van der Waals surface area (Å²) in [7, 11) is 0. The Kier molecular flexibility index (Phi) is 6.15. The van der Waals surface area contributed by atoms with Crippen molar-refractivity contribution in [1.29, 1.82) is 0 Å². The number of nitrogens with one attached hydrogen (secondary N) is 1. The monoisotopic (exact) mass is 177 g/mol. The molecule has 70 valence electrons. The van der Waals surface area contributed by atoms with Crippen LogP contribution in [0.25, 0.3) is 0 Å². The summed E-state index contributed by atoms with van der Waals surface area (Å²) in [5.41, 5.74) is 1.02. The normalized spacial score (nSPS) is 11.3. The fourth-order valence-corrected chi connectivity index (χ4v) is 0.564. The average molecular weight is 177 g/mol. The zero-order valence-electron chi connectivity index (χ0n) is 7.95. The van der Waals surface area contributed by atoms with Crippen molar-refractivity contribution in [3.05, 3.63) is 37.6 Å². The third-order valence-corrected chi connectivity index (χ3v) is 1.06. The molecular weight excluding hydrogens is 162 g/mol. The van der Waals surface area contributed by atoms with E-state index in [-0.39, 0.29) is 0 Å². The van der Waals surface area contributed by atoms with Crippen molar-refractivity contribution < 1.29 is 0 Å². The summed E-state index contributed by atoms with van der Waals surface area (Å²) in [6.07, 6.45) is 4.58. The highest BCUT2D eigenvalue weighted by Gasteiger charge is 1.91. The Bertz CT molecular complexity index is 249. The number of hydrogen-bond donors (Lipinski definition) is 1. The van der Waals surface area contributed by atoms with E-state index < -0.39 is 0 Å². The fourth-order valence-electron chi connectivity index (χ4n) is 0.564. The van der Waals surface area contributed by atoms with Gasteiger partial charge in [0.15, 0.2) is 0 Å². The Morgan fingerprint density at radius 1 is 1.46 bits per heavy atom. The predicted molar refractivity (Wildman–Crippen MR) is 59.1 cm³/mol. The molecule has 0 radical (unpaired) electrons. The number of guanidine groups is 1. The third-order valence-electron chi connectivity index (χ3n) is 1.06. The van der Waals surface area contributed by atoms with Crippen LogP contribution in [0.5, 0.6) is 0 Å². The van der Waals surface area contributed by atoms with Crippen LogP contribution >= 0.6 is 0 Å². The van der Waals surface area contributed by atoms with Crippen molar-refractivity contribution in [3.8, 4) is 0 Å². The highest BCUT2D eigenvalue weighted by molar-refractivity contribution is 5.90. The lowest BCUT2D eigenvalue weighted by Crippen LogP contribution is -2.23. The number of rotatable bonds is 4. The van der Waals surface area contributed by atoms with E-state index >= 15 is 0 Å². The predicted octanol–water partition coefficient (Wildman–Crippen LogP) is 1.91. The van der Waals surface area contributed by atoms with Crippen molar-refractivity contribution in [2.75, 3.05) is 6.54 Å². The molecule has 0 unspecified atom stereocenters. The summed E-state index contributed by atoms with van der Waals surface area (Å²) in [6.45, 7) is 13.3. The van der Waals surface area contributed by atoms with Crippen LogP contribution in [0.2, 0.25) is 0 Å². The molecule has 0 aliphatic heterocycles. The van der Waals surface area contributed by atoms with Gasteiger partial charge in [-0.05, 0) is 6.92 Å². The first-order valence-corrected chi connectivity index (χ1v) is 3.92. The quantitative estimate of drug-likeness (QED) is 0.397. The van der Waals surface area contributed by atoms with Crippen LogP contribution in [0.1, 0.15) is 6.92 Å². The van der Waals surface area contributed by atoms with Gasteiger partial charge in [-0.25, -0.2) is 9.98 Å². The first-order valence-electron chi connectivity index (χ1n) is 3.92. The van der Waals surface area contributed by atoms with Gasteiger partial charge in [0.1, 0.15) is 0 Å². The molecule has 0 fully saturated rings. The molecule has 13 heavy (non-hydrogen) atoms. The van der Waals surface area contributed by atoms with Crippen molar-refractivity contribution in [1.82, 2.24) is 5.32 Å². The van der Waals surface area contributed by atoms with Gasteiger partial charge in [0.05, 0.1) is 0 Å². The summed E-state index contributed by atoms with van der Waals surface area (Å²) >= 11 is 0. The minimum absolute atomic E-state index is 0.512. The Morgan fingerprint density at radius 2 is 2.15 bits per heavy atom. The average Bonchev–Trinajstić information content (AvgIpc) is 2.09. The van der Waals surface area contributed by atoms with Crippen LogP contribution in [-0.2, 0) is 0 Å². The maximum Gasteiger partial charge on any atom is 0.222 e. The van der Waals surface area contributed by atoms with Crippen molar-refractivity contribution in [2.45, 2.75) is 6.92 Å². The molecule has 3 heteroatoms. The zero-order chi connectivity index (χ0) is 10.1. The van der Waals surface area contributed by atoms with Crippen LogP contribution in [-0.4, -0.2) is 18.7 Å². The van der Waals surface area contributed by atoms with E-state index in [1.54, 1.807) is 12.3 Å². The standard InChI is InChI=1S/C10H15N3/c1-5-7-12-10(11-6-2)13-8-9(3)4/h5-7H,1-3,8H2,4H3,(H,11,13)/b12-7-. The van der Waals surface area contributed by atoms with Gasteiger partial charge in [0, 0.05) is 19.0 Å². The minimum Gasteiger partial charge on any atom is -0.351 e. The minimum atomic E-state index is 0.512. The topological polar surface area (TPSA) is 36.8 Å². The lowest BCUT2D eigenvalue weighted by Gasteiger charge is -2.02. The van der Waals surface area contributed by atoms with Crippen molar-refractivity contribution in [2.24, 2.45) is 9.98 Å². The van der Waals surface area contributed by atoms with Gasteiger partial charge in [-0.3, -0.25) is 0 Å². The van der Waals surface area contributed by atoms with Crippen LogP contribution in [0, 0.1) is 0 Å². The van der Waals surface area contributed by atoms with Crippen molar-refractivity contribution >= 4 is 12.2 Å². The molecule has 0 heterocycles. The van der Waals surface area contributed by atoms with E-state index in [1.165, 1.54) is 6.20 Å². The van der Waals surface area contributed by atoms with Crippen molar-refractivity contribution in [3.63, 3.8) is 0 Å². The largest absolute Gasteiger partial charge is 0.351 e. The van der Waals surface area contributed by atoms with Gasteiger partial charge >= 0.3 is 0 Å². The maximum absolute atomic E-state index is 3.99. The van der Waals surface area contributed by atoms with Gasteiger partial charge in [0.2, 0.25) is 5.96 Å². The van der Waals surface area contributed by atoms with Crippen LogP contribution < -0.4 is 5.32 Å². The smallest absolute Gasteiger partial charge is 0.222 e. The maximum atomic E-state index is 3.99. The Labute approximate surface area is 79.3 Å². The molecular formula is C10H15N3. The molecule has 3 nitrogen and oxygen atoms in total. The third kappa shape index (κ3) is 6.75. The number of aliphatic imine (C=N–C) groups is 2. The van der Waals surface area contributed by atoms with Gasteiger partial charge in [-0.2, -0.15) is 0 Å². The van der Waals surface area contributed by atoms with Gasteiger partial charge in [0.25, 0.3) is 0 Å². The molecule has 1 N–H and O–H groups in total. The molecule has 0 rings (SSSR count). The molecule has 0 spiro atoms. The summed E-state index contributed by atoms with van der Waals surface area (Å²) in [6, 6.07) is 0. The highest BCUT2D eigenvalue weighted by Crippen LogP contribution is 1.84. The van der Waals surface area contributed by atoms with E-state index in [1.807, 2.05) is 6.92 Å². The van der Waals surface area contributed by atoms with E-state index in [2.05, 4.69) is 35.0 Å². The molecule has 0 saturated carbocycles. The SMILES string of the molecule is C=C/C=N\C(=N/C=C)NCC(=C)C. The zero-order valence-corrected chi connectivity index (χ0v) is 7.95. The summed E-state index contributed by atoms with van der Waals surface area (Å²) in [5.74, 6) is 0.512. The highest BCUT2D eigenvalue weighted by atomic mass is 15.1. The van der Waals surface area contributed by atoms with E-state index in [4.69, 9.17) is 0 Å². The molecule has 0 atom stereocenters.